The second-order valence-electron chi connectivity index (χ2n) is 7.32. The lowest BCUT2D eigenvalue weighted by atomic mass is 10.2. The number of halogens is 1. The van der Waals surface area contributed by atoms with Crippen LogP contribution in [-0.4, -0.2) is 35.1 Å². The Labute approximate surface area is 198 Å². The largest absolute Gasteiger partial charge is 0.497 e. The number of amides is 1. The van der Waals surface area contributed by atoms with Gasteiger partial charge in [-0.3, -0.25) is 9.10 Å². The van der Waals surface area contributed by atoms with E-state index < -0.39 is 22.5 Å². The zero-order chi connectivity index (χ0) is 24.2. The van der Waals surface area contributed by atoms with Crippen LogP contribution in [0.5, 0.6) is 11.5 Å². The van der Waals surface area contributed by atoms with Crippen molar-refractivity contribution in [3.8, 4) is 11.5 Å². The number of hydrogen-bond acceptors (Lipinski definition) is 5. The number of benzene rings is 3. The maximum Gasteiger partial charge on any atom is 0.264 e. The van der Waals surface area contributed by atoms with E-state index in [1.54, 1.807) is 49.4 Å². The van der Waals surface area contributed by atoms with Crippen LogP contribution in [0, 0.1) is 13.8 Å². The van der Waals surface area contributed by atoms with Gasteiger partial charge in [-0.05, 0) is 55.8 Å². The van der Waals surface area contributed by atoms with Crippen molar-refractivity contribution in [2.45, 2.75) is 18.7 Å². The predicted molar refractivity (Wildman–Crippen MR) is 130 cm³/mol. The lowest BCUT2D eigenvalue weighted by Gasteiger charge is -2.26. The van der Waals surface area contributed by atoms with Gasteiger partial charge in [0.25, 0.3) is 10.0 Å². The molecule has 0 atom stereocenters. The first kappa shape index (κ1) is 24.4. The predicted octanol–water partition coefficient (Wildman–Crippen LogP) is 4.81. The summed E-state index contributed by atoms with van der Waals surface area (Å²) in [4.78, 5) is 13.1. The summed E-state index contributed by atoms with van der Waals surface area (Å²) in [7, 11) is -1.22. The van der Waals surface area contributed by atoms with Crippen molar-refractivity contribution in [2.75, 3.05) is 30.4 Å². The monoisotopic (exact) mass is 488 g/mol. The Kier molecular flexibility index (Phi) is 7.50. The SMILES string of the molecule is COc1ccc(OC)c(N(CC(=O)Nc2cccc(Cl)c2C)S(=O)(=O)c2ccc(C)cc2)c1. The van der Waals surface area contributed by atoms with E-state index in [-0.39, 0.29) is 16.3 Å². The van der Waals surface area contributed by atoms with E-state index in [0.29, 0.717) is 22.0 Å². The molecule has 0 aliphatic heterocycles. The normalized spacial score (nSPS) is 11.1. The summed E-state index contributed by atoms with van der Waals surface area (Å²) in [5.74, 6) is 0.153. The molecule has 3 aromatic rings. The Morgan fingerprint density at radius 3 is 2.33 bits per heavy atom. The zero-order valence-electron chi connectivity index (χ0n) is 18.8. The molecule has 33 heavy (non-hydrogen) atoms. The van der Waals surface area contributed by atoms with Gasteiger partial charge in [0.15, 0.2) is 0 Å². The first-order valence-electron chi connectivity index (χ1n) is 10.0. The second kappa shape index (κ2) is 10.1. The fourth-order valence-electron chi connectivity index (χ4n) is 3.19. The summed E-state index contributed by atoms with van der Waals surface area (Å²) in [5, 5.41) is 3.24. The number of sulfonamides is 1. The number of aryl methyl sites for hydroxylation is 1. The number of anilines is 2. The van der Waals surface area contributed by atoms with Crippen molar-refractivity contribution in [1.82, 2.24) is 0 Å². The molecule has 0 radical (unpaired) electrons. The van der Waals surface area contributed by atoms with Crippen LogP contribution in [0.2, 0.25) is 5.02 Å². The number of carbonyl (C=O) groups is 1. The van der Waals surface area contributed by atoms with Gasteiger partial charge in [-0.2, -0.15) is 0 Å². The molecule has 3 rings (SSSR count). The first-order valence-corrected chi connectivity index (χ1v) is 11.9. The van der Waals surface area contributed by atoms with Gasteiger partial charge >= 0.3 is 0 Å². The molecule has 9 heteroatoms. The number of rotatable bonds is 8. The van der Waals surface area contributed by atoms with Gasteiger partial charge in [0.1, 0.15) is 18.0 Å². The Bertz CT molecular complexity index is 1260. The number of carbonyl (C=O) groups excluding carboxylic acids is 1. The van der Waals surface area contributed by atoms with Crippen LogP contribution in [-0.2, 0) is 14.8 Å². The molecule has 0 spiro atoms. The number of nitrogens with one attached hydrogen (secondary N) is 1. The Hall–Kier alpha value is -3.23. The van der Waals surface area contributed by atoms with E-state index in [2.05, 4.69) is 5.32 Å². The highest BCUT2D eigenvalue weighted by Gasteiger charge is 2.30. The summed E-state index contributed by atoms with van der Waals surface area (Å²) in [5.41, 5.74) is 2.27. The smallest absolute Gasteiger partial charge is 0.264 e. The molecule has 7 nitrogen and oxygen atoms in total. The van der Waals surface area contributed by atoms with Gasteiger partial charge in [-0.1, -0.05) is 35.4 Å². The van der Waals surface area contributed by atoms with Gasteiger partial charge in [0, 0.05) is 16.8 Å². The standard InChI is InChI=1S/C24H25ClN2O5S/c1-16-8-11-19(12-9-16)33(29,30)27(22-14-18(31-3)10-13-23(22)32-4)15-24(28)26-21-7-5-6-20(25)17(21)2/h5-14H,15H2,1-4H3,(H,26,28). The molecule has 174 valence electrons. The van der Waals surface area contributed by atoms with Crippen LogP contribution >= 0.6 is 11.6 Å². The average Bonchev–Trinajstić information content (AvgIpc) is 2.80. The lowest BCUT2D eigenvalue weighted by Crippen LogP contribution is -2.38. The highest BCUT2D eigenvalue weighted by Crippen LogP contribution is 2.36. The van der Waals surface area contributed by atoms with E-state index in [1.807, 2.05) is 6.92 Å². The van der Waals surface area contributed by atoms with Crippen molar-refractivity contribution >= 4 is 38.9 Å². The molecule has 3 aromatic carbocycles. The van der Waals surface area contributed by atoms with Crippen LogP contribution in [0.4, 0.5) is 11.4 Å². The molecule has 0 unspecified atom stereocenters. The summed E-state index contributed by atoms with van der Waals surface area (Å²) in [6.07, 6.45) is 0. The van der Waals surface area contributed by atoms with E-state index >= 15 is 0 Å². The molecular formula is C24H25ClN2O5S. The molecule has 1 N–H and O–H groups in total. The Balaban J connectivity index is 2.07. The minimum absolute atomic E-state index is 0.0460. The molecule has 0 heterocycles. The van der Waals surface area contributed by atoms with E-state index in [1.165, 1.54) is 32.4 Å². The molecular weight excluding hydrogens is 464 g/mol. The molecule has 0 aliphatic carbocycles. The van der Waals surface area contributed by atoms with Crippen molar-refractivity contribution < 1.29 is 22.7 Å². The number of nitrogens with zero attached hydrogens (tertiary/aromatic N) is 1. The Morgan fingerprint density at radius 2 is 1.70 bits per heavy atom. The van der Waals surface area contributed by atoms with Gasteiger partial charge in [0.2, 0.25) is 5.91 Å². The van der Waals surface area contributed by atoms with Crippen molar-refractivity contribution in [3.63, 3.8) is 0 Å². The first-order chi connectivity index (χ1) is 15.7. The highest BCUT2D eigenvalue weighted by molar-refractivity contribution is 7.92. The van der Waals surface area contributed by atoms with Crippen LogP contribution in [0.15, 0.2) is 65.6 Å². The summed E-state index contributed by atoms with van der Waals surface area (Å²) in [6, 6.07) is 16.3. The lowest BCUT2D eigenvalue weighted by molar-refractivity contribution is -0.114. The molecule has 0 saturated heterocycles. The van der Waals surface area contributed by atoms with Crippen molar-refractivity contribution in [1.29, 1.82) is 0 Å². The van der Waals surface area contributed by atoms with E-state index in [9.17, 15) is 13.2 Å². The number of methoxy groups -OCH3 is 2. The molecule has 0 aliphatic rings. The third-order valence-electron chi connectivity index (χ3n) is 5.09. The van der Waals surface area contributed by atoms with Crippen molar-refractivity contribution in [2.24, 2.45) is 0 Å². The summed E-state index contributed by atoms with van der Waals surface area (Å²) in [6.45, 7) is 3.13. The van der Waals surface area contributed by atoms with Crippen LogP contribution in [0.3, 0.4) is 0 Å². The minimum atomic E-state index is -4.12. The quantitative estimate of drug-likeness (QED) is 0.492. The van der Waals surface area contributed by atoms with Crippen LogP contribution < -0.4 is 19.1 Å². The van der Waals surface area contributed by atoms with Gasteiger partial charge in [-0.25, -0.2) is 8.42 Å². The third-order valence-corrected chi connectivity index (χ3v) is 7.28. The van der Waals surface area contributed by atoms with E-state index in [0.717, 1.165) is 9.87 Å². The van der Waals surface area contributed by atoms with Gasteiger partial charge < -0.3 is 14.8 Å². The average molecular weight is 489 g/mol. The molecule has 0 aromatic heterocycles. The van der Waals surface area contributed by atoms with Gasteiger partial charge in [0.05, 0.1) is 24.8 Å². The van der Waals surface area contributed by atoms with Crippen LogP contribution in [0.1, 0.15) is 11.1 Å². The summed E-state index contributed by atoms with van der Waals surface area (Å²) >= 11 is 6.15. The maximum absolute atomic E-state index is 13.6. The fraction of sp³-hybridized carbons (Fsp3) is 0.208. The molecule has 0 fully saturated rings. The maximum atomic E-state index is 13.6. The molecule has 0 saturated carbocycles. The molecule has 0 bridgehead atoms. The van der Waals surface area contributed by atoms with Crippen molar-refractivity contribution in [3.05, 3.63) is 76.8 Å². The fourth-order valence-corrected chi connectivity index (χ4v) is 4.79. The highest BCUT2D eigenvalue weighted by atomic mass is 35.5. The topological polar surface area (TPSA) is 84.9 Å². The van der Waals surface area contributed by atoms with E-state index in [4.69, 9.17) is 21.1 Å². The summed E-state index contributed by atoms with van der Waals surface area (Å²) < 4.78 is 39.0. The Morgan fingerprint density at radius 1 is 1.00 bits per heavy atom. The third kappa shape index (κ3) is 5.40. The van der Waals surface area contributed by atoms with Crippen LogP contribution in [0.25, 0.3) is 0 Å². The number of hydrogen-bond donors (Lipinski definition) is 1. The second-order valence-corrected chi connectivity index (χ2v) is 9.59. The minimum Gasteiger partial charge on any atom is -0.497 e. The molecule has 1 amide bonds. The van der Waals surface area contributed by atoms with Gasteiger partial charge in [-0.15, -0.1) is 0 Å². The zero-order valence-corrected chi connectivity index (χ0v) is 20.3. The number of ether oxygens (including phenoxy) is 2.